The summed E-state index contributed by atoms with van der Waals surface area (Å²) in [6.45, 7) is 1.74. The van der Waals surface area contributed by atoms with Gasteiger partial charge in [0.25, 0.3) is 12.9 Å². The van der Waals surface area contributed by atoms with E-state index in [1.54, 1.807) is 4.90 Å². The molecule has 176 valence electrons. The van der Waals surface area contributed by atoms with Gasteiger partial charge in [-0.15, -0.1) is 0 Å². The summed E-state index contributed by atoms with van der Waals surface area (Å²) in [7, 11) is 0. The predicted octanol–water partition coefficient (Wildman–Crippen LogP) is 5.91. The maximum atomic E-state index is 13.4. The minimum absolute atomic E-state index is 0.136. The van der Waals surface area contributed by atoms with E-state index in [1.165, 1.54) is 0 Å². The first kappa shape index (κ1) is 22.5. The molecule has 2 atom stereocenters. The number of rotatable bonds is 5. The van der Waals surface area contributed by atoms with Crippen molar-refractivity contribution < 1.29 is 22.3 Å². The number of alkyl halides is 4. The van der Waals surface area contributed by atoms with Gasteiger partial charge in [-0.2, -0.15) is 9.97 Å². The van der Waals surface area contributed by atoms with E-state index in [4.69, 9.17) is 4.74 Å². The molecule has 2 aliphatic rings. The molecule has 33 heavy (non-hydrogen) atoms. The summed E-state index contributed by atoms with van der Waals surface area (Å²) >= 11 is 3.52. The Bertz CT molecular complexity index is 1130. The molecule has 0 unspecified atom stereocenters. The Balaban J connectivity index is 1.60. The Morgan fingerprint density at radius 1 is 1.12 bits per heavy atom. The number of nitrogens with zero attached hydrogens (tertiary/aromatic N) is 4. The second-order valence-corrected chi connectivity index (χ2v) is 9.35. The third-order valence-corrected chi connectivity index (χ3v) is 6.82. The summed E-state index contributed by atoms with van der Waals surface area (Å²) < 4.78 is 60.2. The van der Waals surface area contributed by atoms with Crippen LogP contribution in [0.1, 0.15) is 61.1 Å². The van der Waals surface area contributed by atoms with Gasteiger partial charge in [0, 0.05) is 40.8 Å². The van der Waals surface area contributed by atoms with Crippen molar-refractivity contribution in [2.75, 3.05) is 24.7 Å². The van der Waals surface area contributed by atoms with E-state index in [0.717, 1.165) is 46.1 Å². The van der Waals surface area contributed by atoms with Gasteiger partial charge < -0.3 is 14.6 Å². The van der Waals surface area contributed by atoms with Crippen molar-refractivity contribution in [3.05, 3.63) is 45.6 Å². The molecular formula is C22H22BrF4N5O. The Morgan fingerprint density at radius 3 is 2.55 bits per heavy atom. The van der Waals surface area contributed by atoms with E-state index >= 15 is 0 Å². The molecule has 2 aliphatic heterocycles. The number of aromatic nitrogens is 4. The average molecular weight is 528 g/mol. The Morgan fingerprint density at radius 2 is 1.88 bits per heavy atom. The fraction of sp³-hybridized carbons (Fsp3) is 0.500. The average Bonchev–Trinajstić information content (AvgIpc) is 3.18. The van der Waals surface area contributed by atoms with Gasteiger partial charge in [0.2, 0.25) is 17.6 Å². The minimum Gasteiger partial charge on any atom is -0.381 e. The molecule has 1 fully saturated rings. The molecule has 5 rings (SSSR count). The molecule has 6 nitrogen and oxygen atoms in total. The Hall–Kier alpha value is -2.27. The van der Waals surface area contributed by atoms with Gasteiger partial charge in [0.1, 0.15) is 0 Å². The summed E-state index contributed by atoms with van der Waals surface area (Å²) in [6, 6.07) is 5.69. The molecule has 3 aromatic rings. The Kier molecular flexibility index (Phi) is 6.26. The van der Waals surface area contributed by atoms with E-state index < -0.39 is 24.5 Å². The quantitative estimate of drug-likeness (QED) is 0.417. The van der Waals surface area contributed by atoms with Crippen LogP contribution in [-0.2, 0) is 11.2 Å². The minimum atomic E-state index is -3.07. The fourth-order valence-corrected chi connectivity index (χ4v) is 5.21. The lowest BCUT2D eigenvalue weighted by Crippen LogP contribution is -2.39. The lowest BCUT2D eigenvalue weighted by Gasteiger charge is -2.38. The monoisotopic (exact) mass is 527 g/mol. The Labute approximate surface area is 195 Å². The van der Waals surface area contributed by atoms with Crippen molar-refractivity contribution in [1.82, 2.24) is 19.9 Å². The normalized spacial score (nSPS) is 21.2. The SMILES string of the molecule is FC(F)c1nc(C(F)F)nc(N2CCc3c([nH]c4ccc(Br)cc34)[C@@H]2C[C@@H]2CCCOC2)n1. The smallest absolute Gasteiger partial charge is 0.297 e. The van der Waals surface area contributed by atoms with Gasteiger partial charge in [-0.05, 0) is 55.4 Å². The molecule has 2 aromatic heterocycles. The van der Waals surface area contributed by atoms with E-state index in [-0.39, 0.29) is 17.9 Å². The van der Waals surface area contributed by atoms with Gasteiger partial charge in [0.05, 0.1) is 6.04 Å². The number of nitrogens with one attached hydrogen (secondary N) is 1. The fourth-order valence-electron chi connectivity index (χ4n) is 4.85. The van der Waals surface area contributed by atoms with Crippen LogP contribution in [0.2, 0.25) is 0 Å². The number of hydrogen-bond acceptors (Lipinski definition) is 5. The predicted molar refractivity (Wildman–Crippen MR) is 118 cm³/mol. The lowest BCUT2D eigenvalue weighted by molar-refractivity contribution is 0.0483. The van der Waals surface area contributed by atoms with Crippen LogP contribution >= 0.6 is 15.9 Å². The number of ether oxygens (including phenoxy) is 1. The highest BCUT2D eigenvalue weighted by atomic mass is 79.9. The number of anilines is 1. The molecular weight excluding hydrogens is 506 g/mol. The first-order valence-electron chi connectivity index (χ1n) is 10.9. The number of benzene rings is 1. The summed E-state index contributed by atoms with van der Waals surface area (Å²) in [5.74, 6) is -1.74. The van der Waals surface area contributed by atoms with E-state index in [9.17, 15) is 17.6 Å². The van der Waals surface area contributed by atoms with Crippen LogP contribution in [0, 0.1) is 5.92 Å². The van der Waals surface area contributed by atoms with Crippen LogP contribution < -0.4 is 4.90 Å². The zero-order valence-corrected chi connectivity index (χ0v) is 19.2. The summed E-state index contributed by atoms with van der Waals surface area (Å²) in [6.07, 6.45) is -2.95. The number of halogens is 5. The highest BCUT2D eigenvalue weighted by Crippen LogP contribution is 2.41. The largest absolute Gasteiger partial charge is 0.381 e. The van der Waals surface area contributed by atoms with Crippen molar-refractivity contribution in [3.8, 4) is 0 Å². The molecule has 11 heteroatoms. The number of H-pyrrole nitrogens is 1. The maximum Gasteiger partial charge on any atom is 0.297 e. The van der Waals surface area contributed by atoms with Crippen molar-refractivity contribution in [2.24, 2.45) is 5.92 Å². The van der Waals surface area contributed by atoms with Crippen molar-refractivity contribution in [1.29, 1.82) is 0 Å². The third kappa shape index (κ3) is 4.44. The molecule has 1 aromatic carbocycles. The van der Waals surface area contributed by atoms with E-state index in [0.29, 0.717) is 26.0 Å². The molecule has 1 N–H and O–H groups in total. The summed E-state index contributed by atoms with van der Waals surface area (Å²) in [5.41, 5.74) is 3.05. The zero-order chi connectivity index (χ0) is 23.1. The molecule has 0 aliphatic carbocycles. The molecule has 0 saturated carbocycles. The molecule has 0 bridgehead atoms. The van der Waals surface area contributed by atoms with Crippen LogP contribution in [0.4, 0.5) is 23.5 Å². The van der Waals surface area contributed by atoms with Crippen molar-refractivity contribution >= 4 is 32.8 Å². The van der Waals surface area contributed by atoms with E-state index in [1.807, 2.05) is 18.2 Å². The summed E-state index contributed by atoms with van der Waals surface area (Å²) in [5, 5.41) is 1.08. The number of fused-ring (bicyclic) bond motifs is 3. The summed E-state index contributed by atoms with van der Waals surface area (Å²) in [4.78, 5) is 16.3. The molecule has 4 heterocycles. The number of aromatic amines is 1. The zero-order valence-electron chi connectivity index (χ0n) is 17.6. The standard InChI is InChI=1S/C22H22BrF4N5O/c23-12-3-4-15-14(9-12)13-5-6-32(16(17(13)28-15)8-11-2-1-7-33-10-11)22-30-20(18(24)25)29-21(31-22)19(26)27/h3-4,9,11,16,18-19,28H,1-2,5-8,10H2/t11-,16-/m0/s1. The second kappa shape index (κ2) is 9.17. The van der Waals surface area contributed by atoms with Crippen molar-refractivity contribution in [3.63, 3.8) is 0 Å². The van der Waals surface area contributed by atoms with Gasteiger partial charge >= 0.3 is 0 Å². The van der Waals surface area contributed by atoms with Crippen LogP contribution in [0.3, 0.4) is 0 Å². The van der Waals surface area contributed by atoms with Crippen LogP contribution in [0.15, 0.2) is 22.7 Å². The van der Waals surface area contributed by atoms with Crippen LogP contribution in [0.25, 0.3) is 10.9 Å². The first-order chi connectivity index (χ1) is 15.9. The lowest BCUT2D eigenvalue weighted by atomic mass is 9.88. The highest BCUT2D eigenvalue weighted by Gasteiger charge is 2.35. The topological polar surface area (TPSA) is 66.9 Å². The van der Waals surface area contributed by atoms with Gasteiger partial charge in [-0.25, -0.2) is 22.5 Å². The second-order valence-electron chi connectivity index (χ2n) is 8.44. The first-order valence-corrected chi connectivity index (χ1v) is 11.7. The third-order valence-electron chi connectivity index (χ3n) is 6.33. The van der Waals surface area contributed by atoms with E-state index in [2.05, 4.69) is 35.9 Å². The molecule has 0 amide bonds. The number of hydrogen-bond donors (Lipinski definition) is 1. The highest BCUT2D eigenvalue weighted by molar-refractivity contribution is 9.10. The van der Waals surface area contributed by atoms with Gasteiger partial charge in [0.15, 0.2) is 0 Å². The van der Waals surface area contributed by atoms with Crippen LogP contribution in [0.5, 0.6) is 0 Å². The molecule has 0 radical (unpaired) electrons. The van der Waals surface area contributed by atoms with Crippen molar-refractivity contribution in [2.45, 2.75) is 44.6 Å². The van der Waals surface area contributed by atoms with Crippen LogP contribution in [-0.4, -0.2) is 39.7 Å². The van der Waals surface area contributed by atoms with Gasteiger partial charge in [-0.3, -0.25) is 0 Å². The maximum absolute atomic E-state index is 13.4. The molecule has 0 spiro atoms. The van der Waals surface area contributed by atoms with Gasteiger partial charge in [-0.1, -0.05) is 15.9 Å². The molecule has 1 saturated heterocycles.